The molecule has 10 heavy (non-hydrogen) atoms. The molecule has 0 fully saturated rings. The van der Waals surface area contributed by atoms with Gasteiger partial charge in [-0.25, -0.2) is 0 Å². The van der Waals surface area contributed by atoms with Crippen LogP contribution in [-0.4, -0.2) is 11.7 Å². The molecular formula is C8H11ClO. The zero-order valence-electron chi connectivity index (χ0n) is 6.11. The topological polar surface area (TPSA) is 17.1 Å². The summed E-state index contributed by atoms with van der Waals surface area (Å²) in [5.74, 6) is 0.631. The van der Waals surface area contributed by atoms with Crippen LogP contribution in [0.5, 0.6) is 0 Å². The van der Waals surface area contributed by atoms with Crippen molar-refractivity contribution in [2.45, 2.75) is 19.8 Å². The van der Waals surface area contributed by atoms with Gasteiger partial charge in [-0.3, -0.25) is 4.79 Å². The second-order valence-corrected chi connectivity index (χ2v) is 2.40. The number of allylic oxidation sites excluding steroid dienone is 1. The summed E-state index contributed by atoms with van der Waals surface area (Å²) in [6, 6.07) is 0. The largest absolute Gasteiger partial charge is 0.294 e. The van der Waals surface area contributed by atoms with Gasteiger partial charge in [0.05, 0.1) is 0 Å². The molecule has 0 aromatic heterocycles. The number of Topliss-reactive ketones (excluding diaryl/α,β-unsaturated/α-hetero) is 1. The molecular weight excluding hydrogens is 148 g/mol. The van der Waals surface area contributed by atoms with Crippen LogP contribution < -0.4 is 0 Å². The van der Waals surface area contributed by atoms with E-state index in [1.54, 1.807) is 6.92 Å². The Morgan fingerprint density at radius 1 is 1.70 bits per heavy atom. The fraction of sp³-hybridized carbons (Fsp3) is 0.500. The van der Waals surface area contributed by atoms with E-state index in [2.05, 4.69) is 12.3 Å². The fourth-order valence-corrected chi connectivity index (χ4v) is 0.647. The molecule has 0 spiro atoms. The number of halogens is 1. The third-order valence-electron chi connectivity index (χ3n) is 1.22. The maximum absolute atomic E-state index is 10.9. The number of hydrogen-bond donors (Lipinski definition) is 0. The maximum Gasteiger partial charge on any atom is 0.166 e. The van der Waals surface area contributed by atoms with Gasteiger partial charge in [0, 0.05) is 17.9 Å². The zero-order valence-corrected chi connectivity index (χ0v) is 6.87. The molecule has 0 rings (SSSR count). The molecule has 2 heteroatoms. The van der Waals surface area contributed by atoms with Crippen molar-refractivity contribution in [2.75, 3.05) is 5.88 Å². The second kappa shape index (κ2) is 5.28. The van der Waals surface area contributed by atoms with E-state index in [1.807, 2.05) is 0 Å². The standard InChI is InChI=1S/C8H11ClO/c1-3-7(2)8(10)5-4-6-9/h1,4-6H2,2H3. The van der Waals surface area contributed by atoms with Gasteiger partial charge in [0.25, 0.3) is 0 Å². The van der Waals surface area contributed by atoms with E-state index in [-0.39, 0.29) is 5.78 Å². The van der Waals surface area contributed by atoms with Crippen LogP contribution in [0.15, 0.2) is 17.9 Å². The summed E-state index contributed by atoms with van der Waals surface area (Å²) in [5.41, 5.74) is 3.15. The smallest absolute Gasteiger partial charge is 0.166 e. The van der Waals surface area contributed by atoms with Gasteiger partial charge in [0.1, 0.15) is 0 Å². The summed E-state index contributed by atoms with van der Waals surface area (Å²) in [7, 11) is 0. The van der Waals surface area contributed by atoms with Crippen molar-refractivity contribution in [3.63, 3.8) is 0 Å². The molecule has 0 saturated heterocycles. The van der Waals surface area contributed by atoms with Crippen molar-refractivity contribution < 1.29 is 4.79 Å². The van der Waals surface area contributed by atoms with E-state index in [4.69, 9.17) is 11.6 Å². The van der Waals surface area contributed by atoms with E-state index < -0.39 is 0 Å². The number of carbonyl (C=O) groups is 1. The molecule has 0 saturated carbocycles. The quantitative estimate of drug-likeness (QED) is 0.349. The van der Waals surface area contributed by atoms with E-state index >= 15 is 0 Å². The van der Waals surface area contributed by atoms with Crippen LogP contribution >= 0.6 is 11.6 Å². The summed E-state index contributed by atoms with van der Waals surface area (Å²) in [5, 5.41) is 0. The van der Waals surface area contributed by atoms with Crippen LogP contribution in [0, 0.1) is 0 Å². The van der Waals surface area contributed by atoms with Crippen molar-refractivity contribution in [3.05, 3.63) is 17.9 Å². The molecule has 1 nitrogen and oxygen atoms in total. The molecule has 0 radical (unpaired) electrons. The number of carbonyl (C=O) groups excluding carboxylic acids is 1. The molecule has 0 aliphatic rings. The van der Waals surface area contributed by atoms with Gasteiger partial charge >= 0.3 is 0 Å². The third kappa shape index (κ3) is 3.49. The summed E-state index contributed by atoms with van der Waals surface area (Å²) in [6.45, 7) is 5.09. The average molecular weight is 159 g/mol. The molecule has 0 heterocycles. The van der Waals surface area contributed by atoms with Crippen molar-refractivity contribution in [2.24, 2.45) is 0 Å². The minimum Gasteiger partial charge on any atom is -0.294 e. The zero-order chi connectivity index (χ0) is 7.98. The SMILES string of the molecule is C=C=C(C)C(=O)CCCCl. The lowest BCUT2D eigenvalue weighted by Gasteiger charge is -1.93. The number of rotatable bonds is 4. The van der Waals surface area contributed by atoms with Gasteiger partial charge in [-0.15, -0.1) is 17.3 Å². The Labute approximate surface area is 66.4 Å². The molecule has 0 aromatic carbocycles. The van der Waals surface area contributed by atoms with Crippen LogP contribution in [0.4, 0.5) is 0 Å². The molecule has 0 aliphatic heterocycles. The van der Waals surface area contributed by atoms with E-state index in [1.165, 1.54) is 0 Å². The minimum atomic E-state index is 0.0932. The highest BCUT2D eigenvalue weighted by Gasteiger charge is 2.01. The van der Waals surface area contributed by atoms with Crippen LogP contribution in [0.3, 0.4) is 0 Å². The molecule has 0 unspecified atom stereocenters. The molecule has 0 amide bonds. The van der Waals surface area contributed by atoms with Crippen molar-refractivity contribution in [1.29, 1.82) is 0 Å². The van der Waals surface area contributed by atoms with Gasteiger partial charge in [-0.05, 0) is 13.3 Å². The summed E-state index contributed by atoms with van der Waals surface area (Å²) < 4.78 is 0. The van der Waals surface area contributed by atoms with Gasteiger partial charge in [0.2, 0.25) is 0 Å². The van der Waals surface area contributed by atoms with E-state index in [9.17, 15) is 4.79 Å². The average Bonchev–Trinajstić information content (AvgIpc) is 1.98. The highest BCUT2D eigenvalue weighted by molar-refractivity contribution is 6.18. The molecule has 0 bridgehead atoms. The number of alkyl halides is 1. The predicted molar refractivity (Wildman–Crippen MR) is 43.3 cm³/mol. The first kappa shape index (κ1) is 9.48. The Morgan fingerprint density at radius 3 is 2.70 bits per heavy atom. The Hall–Kier alpha value is -0.520. The van der Waals surface area contributed by atoms with Crippen molar-refractivity contribution >= 4 is 17.4 Å². The highest BCUT2D eigenvalue weighted by Crippen LogP contribution is 2.00. The fourth-order valence-electron chi connectivity index (χ4n) is 0.513. The van der Waals surface area contributed by atoms with E-state index in [0.717, 1.165) is 6.42 Å². The van der Waals surface area contributed by atoms with Crippen molar-refractivity contribution in [3.8, 4) is 0 Å². The first-order chi connectivity index (χ1) is 4.72. The normalized spacial score (nSPS) is 8.60. The van der Waals surface area contributed by atoms with Gasteiger partial charge in [-0.1, -0.05) is 6.58 Å². The van der Waals surface area contributed by atoms with Gasteiger partial charge < -0.3 is 0 Å². The number of hydrogen-bond acceptors (Lipinski definition) is 1. The Balaban J connectivity index is 3.75. The van der Waals surface area contributed by atoms with Crippen molar-refractivity contribution in [1.82, 2.24) is 0 Å². The van der Waals surface area contributed by atoms with Crippen LogP contribution in [0.1, 0.15) is 19.8 Å². The Morgan fingerprint density at radius 2 is 2.30 bits per heavy atom. The lowest BCUT2D eigenvalue weighted by Crippen LogP contribution is -1.98. The first-order valence-corrected chi connectivity index (χ1v) is 3.71. The van der Waals surface area contributed by atoms with E-state index in [0.29, 0.717) is 17.9 Å². The summed E-state index contributed by atoms with van der Waals surface area (Å²) in [4.78, 5) is 10.9. The number of ketones is 1. The van der Waals surface area contributed by atoms with Gasteiger partial charge in [0.15, 0.2) is 5.78 Å². The highest BCUT2D eigenvalue weighted by atomic mass is 35.5. The Kier molecular flexibility index (Phi) is 5.00. The van der Waals surface area contributed by atoms with Crippen LogP contribution in [-0.2, 0) is 4.79 Å². The monoisotopic (exact) mass is 158 g/mol. The molecule has 0 atom stereocenters. The third-order valence-corrected chi connectivity index (χ3v) is 1.49. The minimum absolute atomic E-state index is 0.0932. The molecule has 0 aliphatic carbocycles. The van der Waals surface area contributed by atoms with Crippen LogP contribution in [0.25, 0.3) is 0 Å². The predicted octanol–water partition coefficient (Wildman–Crippen LogP) is 2.31. The van der Waals surface area contributed by atoms with Crippen LogP contribution in [0.2, 0.25) is 0 Å². The van der Waals surface area contributed by atoms with Gasteiger partial charge in [-0.2, -0.15) is 0 Å². The Bertz CT molecular complexity index is 166. The molecule has 0 N–H and O–H groups in total. The lowest BCUT2D eigenvalue weighted by atomic mass is 10.1. The summed E-state index contributed by atoms with van der Waals surface area (Å²) >= 11 is 5.40. The molecule has 56 valence electrons. The maximum atomic E-state index is 10.9. The first-order valence-electron chi connectivity index (χ1n) is 3.18. The lowest BCUT2D eigenvalue weighted by molar-refractivity contribution is -0.115. The molecule has 0 aromatic rings. The summed E-state index contributed by atoms with van der Waals surface area (Å²) in [6.07, 6.45) is 1.25. The second-order valence-electron chi connectivity index (χ2n) is 2.02.